The SMILES string of the molecule is COc1ccc(CCNC(N)=NCc2ccc(C)c(F)c2)cc1OC.I. The Morgan fingerprint density at radius 2 is 1.77 bits per heavy atom. The Hall–Kier alpha value is -2.03. The van der Waals surface area contributed by atoms with E-state index in [1.807, 2.05) is 24.3 Å². The molecule has 2 aromatic rings. The summed E-state index contributed by atoms with van der Waals surface area (Å²) in [5, 5.41) is 3.06. The number of aliphatic imine (C=N–C) groups is 1. The van der Waals surface area contributed by atoms with Crippen LogP contribution < -0.4 is 20.5 Å². The van der Waals surface area contributed by atoms with E-state index in [1.54, 1.807) is 27.2 Å². The van der Waals surface area contributed by atoms with Crippen molar-refractivity contribution in [1.82, 2.24) is 5.32 Å². The number of rotatable bonds is 7. The van der Waals surface area contributed by atoms with Crippen LogP contribution in [0.2, 0.25) is 0 Å². The fourth-order valence-electron chi connectivity index (χ4n) is 2.34. The molecular formula is C19H25FIN3O2. The van der Waals surface area contributed by atoms with E-state index in [4.69, 9.17) is 15.2 Å². The molecule has 2 aromatic carbocycles. The topological polar surface area (TPSA) is 68.9 Å². The van der Waals surface area contributed by atoms with Crippen molar-refractivity contribution in [3.63, 3.8) is 0 Å². The number of hydrogen-bond donors (Lipinski definition) is 2. The van der Waals surface area contributed by atoms with Crippen molar-refractivity contribution < 1.29 is 13.9 Å². The summed E-state index contributed by atoms with van der Waals surface area (Å²) in [6.07, 6.45) is 0.760. The van der Waals surface area contributed by atoms with E-state index in [1.165, 1.54) is 6.07 Å². The molecule has 0 unspecified atom stereocenters. The molecule has 0 aromatic heterocycles. The first-order valence-electron chi connectivity index (χ1n) is 8.03. The summed E-state index contributed by atoms with van der Waals surface area (Å²) in [4.78, 5) is 4.23. The van der Waals surface area contributed by atoms with Crippen molar-refractivity contribution in [2.45, 2.75) is 19.9 Å². The van der Waals surface area contributed by atoms with Gasteiger partial charge in [0.05, 0.1) is 20.8 Å². The van der Waals surface area contributed by atoms with Gasteiger partial charge in [-0.3, -0.25) is 0 Å². The average Bonchev–Trinajstić information content (AvgIpc) is 2.62. The zero-order valence-electron chi connectivity index (χ0n) is 15.2. The molecule has 0 atom stereocenters. The minimum absolute atomic E-state index is 0. The first kappa shape index (κ1) is 22.0. The normalized spacial score (nSPS) is 10.8. The second-order valence-corrected chi connectivity index (χ2v) is 5.65. The van der Waals surface area contributed by atoms with Crippen LogP contribution in [0, 0.1) is 12.7 Å². The molecule has 0 amide bonds. The Morgan fingerprint density at radius 3 is 2.42 bits per heavy atom. The van der Waals surface area contributed by atoms with Gasteiger partial charge in [0, 0.05) is 6.54 Å². The standard InChI is InChI=1S/C19H24FN3O2.HI/c1-13-4-5-15(10-16(13)20)12-23-19(21)22-9-8-14-6-7-17(24-2)18(11-14)25-3;/h4-7,10-11H,8-9,12H2,1-3H3,(H3,21,22,23);1H. The summed E-state index contributed by atoms with van der Waals surface area (Å²) in [6.45, 7) is 2.70. The van der Waals surface area contributed by atoms with Crippen molar-refractivity contribution in [2.75, 3.05) is 20.8 Å². The summed E-state index contributed by atoms with van der Waals surface area (Å²) >= 11 is 0. The maximum absolute atomic E-state index is 13.5. The van der Waals surface area contributed by atoms with E-state index >= 15 is 0 Å². The quantitative estimate of drug-likeness (QED) is 0.368. The summed E-state index contributed by atoms with van der Waals surface area (Å²) < 4.78 is 24.0. The highest BCUT2D eigenvalue weighted by Gasteiger charge is 2.04. The Balaban J connectivity index is 0.00000338. The number of methoxy groups -OCH3 is 2. The van der Waals surface area contributed by atoms with Gasteiger partial charge in [0.15, 0.2) is 17.5 Å². The number of aryl methyl sites for hydroxylation is 1. The molecule has 0 aliphatic heterocycles. The van der Waals surface area contributed by atoms with Crippen molar-refractivity contribution in [2.24, 2.45) is 10.7 Å². The Kier molecular flexibility index (Phi) is 9.18. The number of nitrogens with zero attached hydrogens (tertiary/aromatic N) is 1. The van der Waals surface area contributed by atoms with Gasteiger partial charge < -0.3 is 20.5 Å². The third kappa shape index (κ3) is 6.36. The van der Waals surface area contributed by atoms with Crippen LogP contribution in [0.3, 0.4) is 0 Å². The Morgan fingerprint density at radius 1 is 1.08 bits per heavy atom. The summed E-state index contributed by atoms with van der Waals surface area (Å²) in [7, 11) is 3.22. The monoisotopic (exact) mass is 473 g/mol. The van der Waals surface area contributed by atoms with Crippen molar-refractivity contribution in [3.05, 3.63) is 58.9 Å². The number of nitrogens with two attached hydrogens (primary N) is 1. The lowest BCUT2D eigenvalue weighted by Crippen LogP contribution is -2.33. The Bertz CT molecular complexity index is 754. The second kappa shape index (κ2) is 10.8. The van der Waals surface area contributed by atoms with Crippen LogP contribution in [0.1, 0.15) is 16.7 Å². The smallest absolute Gasteiger partial charge is 0.188 e. The van der Waals surface area contributed by atoms with Gasteiger partial charge in [0.2, 0.25) is 0 Å². The molecule has 3 N–H and O–H groups in total. The van der Waals surface area contributed by atoms with Crippen LogP contribution in [0.15, 0.2) is 41.4 Å². The fourth-order valence-corrected chi connectivity index (χ4v) is 2.34. The van der Waals surface area contributed by atoms with E-state index in [9.17, 15) is 4.39 Å². The first-order valence-corrected chi connectivity index (χ1v) is 8.03. The molecule has 0 aliphatic carbocycles. The Labute approximate surface area is 170 Å². The maximum atomic E-state index is 13.5. The van der Waals surface area contributed by atoms with E-state index < -0.39 is 0 Å². The van der Waals surface area contributed by atoms with Crippen LogP contribution in [0.5, 0.6) is 11.5 Å². The molecule has 0 aliphatic rings. The highest BCUT2D eigenvalue weighted by Crippen LogP contribution is 2.27. The van der Waals surface area contributed by atoms with Crippen molar-refractivity contribution >= 4 is 29.9 Å². The third-order valence-corrected chi connectivity index (χ3v) is 3.84. The third-order valence-electron chi connectivity index (χ3n) is 3.84. The van der Waals surface area contributed by atoms with Gasteiger partial charge in [0.25, 0.3) is 0 Å². The van der Waals surface area contributed by atoms with E-state index in [2.05, 4.69) is 10.3 Å². The number of hydrogen-bond acceptors (Lipinski definition) is 3. The van der Waals surface area contributed by atoms with Gasteiger partial charge in [-0.15, -0.1) is 24.0 Å². The summed E-state index contributed by atoms with van der Waals surface area (Å²) in [6, 6.07) is 10.8. The van der Waals surface area contributed by atoms with Gasteiger partial charge in [-0.25, -0.2) is 9.38 Å². The zero-order valence-corrected chi connectivity index (χ0v) is 17.5. The number of halogens is 2. The van der Waals surface area contributed by atoms with Gasteiger partial charge in [-0.05, 0) is 48.2 Å². The molecule has 5 nitrogen and oxygen atoms in total. The van der Waals surface area contributed by atoms with E-state index in [-0.39, 0.29) is 29.8 Å². The van der Waals surface area contributed by atoms with E-state index in [0.29, 0.717) is 36.1 Å². The highest BCUT2D eigenvalue weighted by molar-refractivity contribution is 14.0. The van der Waals surface area contributed by atoms with Gasteiger partial charge in [0.1, 0.15) is 5.82 Å². The average molecular weight is 473 g/mol. The molecule has 0 heterocycles. The molecule has 0 bridgehead atoms. The minimum Gasteiger partial charge on any atom is -0.493 e. The molecule has 0 fully saturated rings. The van der Waals surface area contributed by atoms with Crippen molar-refractivity contribution in [1.29, 1.82) is 0 Å². The largest absolute Gasteiger partial charge is 0.493 e. The molecule has 26 heavy (non-hydrogen) atoms. The minimum atomic E-state index is -0.229. The summed E-state index contributed by atoms with van der Waals surface area (Å²) in [5.41, 5.74) is 8.36. The molecule has 0 radical (unpaired) electrons. The number of ether oxygens (including phenoxy) is 2. The molecule has 142 valence electrons. The number of nitrogens with one attached hydrogen (secondary N) is 1. The summed E-state index contributed by atoms with van der Waals surface area (Å²) in [5.74, 6) is 1.50. The lowest BCUT2D eigenvalue weighted by Gasteiger charge is -2.10. The van der Waals surface area contributed by atoms with Crippen LogP contribution in [-0.4, -0.2) is 26.7 Å². The predicted molar refractivity (Wildman–Crippen MR) is 113 cm³/mol. The molecule has 7 heteroatoms. The molecule has 2 rings (SSSR count). The zero-order chi connectivity index (χ0) is 18.2. The predicted octanol–water partition coefficient (Wildman–Crippen LogP) is 3.42. The van der Waals surface area contributed by atoms with Gasteiger partial charge in [-0.2, -0.15) is 0 Å². The molecular weight excluding hydrogens is 448 g/mol. The van der Waals surface area contributed by atoms with Crippen LogP contribution in [0.25, 0.3) is 0 Å². The van der Waals surface area contributed by atoms with Crippen molar-refractivity contribution in [3.8, 4) is 11.5 Å². The molecule has 0 spiro atoms. The van der Waals surface area contributed by atoms with Crippen LogP contribution in [-0.2, 0) is 13.0 Å². The van der Waals surface area contributed by atoms with Crippen LogP contribution in [0.4, 0.5) is 4.39 Å². The second-order valence-electron chi connectivity index (χ2n) is 5.65. The lowest BCUT2D eigenvalue weighted by atomic mass is 10.1. The number of benzene rings is 2. The van der Waals surface area contributed by atoms with Gasteiger partial charge in [-0.1, -0.05) is 18.2 Å². The lowest BCUT2D eigenvalue weighted by molar-refractivity contribution is 0.354. The highest BCUT2D eigenvalue weighted by atomic mass is 127. The molecule has 0 saturated heterocycles. The number of guanidine groups is 1. The maximum Gasteiger partial charge on any atom is 0.188 e. The fraction of sp³-hybridized carbons (Fsp3) is 0.316. The van der Waals surface area contributed by atoms with E-state index in [0.717, 1.165) is 17.5 Å². The van der Waals surface area contributed by atoms with Crippen LogP contribution >= 0.6 is 24.0 Å². The first-order chi connectivity index (χ1) is 12.0. The molecule has 0 saturated carbocycles. The van der Waals surface area contributed by atoms with Gasteiger partial charge >= 0.3 is 0 Å².